The summed E-state index contributed by atoms with van der Waals surface area (Å²) in [4.78, 5) is 2.35. The Balaban J connectivity index is 0.917. The van der Waals surface area contributed by atoms with E-state index < -0.39 is 0 Å². The van der Waals surface area contributed by atoms with Gasteiger partial charge in [0.15, 0.2) is 0 Å². The number of hydrogen-bond acceptors (Lipinski definition) is 2. The van der Waals surface area contributed by atoms with Gasteiger partial charge in [0.2, 0.25) is 0 Å². The Bertz CT molecular complexity index is 3270. The zero-order valence-electron chi connectivity index (χ0n) is 34.0. The van der Waals surface area contributed by atoms with Crippen molar-refractivity contribution in [2.24, 2.45) is 0 Å². The largest absolute Gasteiger partial charge is 0.456 e. The lowest BCUT2D eigenvalue weighted by Gasteiger charge is -2.26. The third-order valence-electron chi connectivity index (χ3n) is 11.9. The molecule has 2 heteroatoms. The van der Waals surface area contributed by atoms with E-state index in [1.165, 1.54) is 44.2 Å². The Morgan fingerprint density at radius 3 is 1.34 bits per heavy atom. The van der Waals surface area contributed by atoms with Gasteiger partial charge in [-0.2, -0.15) is 0 Å². The van der Waals surface area contributed by atoms with Crippen molar-refractivity contribution in [3.63, 3.8) is 0 Å². The molecule has 2 nitrogen and oxygen atoms in total. The van der Waals surface area contributed by atoms with Crippen molar-refractivity contribution in [3.05, 3.63) is 249 Å². The van der Waals surface area contributed by atoms with Crippen LogP contribution in [-0.4, -0.2) is 0 Å². The van der Waals surface area contributed by atoms with E-state index in [0.29, 0.717) is 0 Å². The molecule has 0 spiro atoms. The zero-order valence-corrected chi connectivity index (χ0v) is 34.0. The Morgan fingerprint density at radius 2 is 0.677 bits per heavy atom. The maximum atomic E-state index is 6.29. The molecule has 0 fully saturated rings. The first kappa shape index (κ1) is 36.8. The number of fused-ring (bicyclic) bond motifs is 2. The molecule has 1 heterocycles. The maximum Gasteiger partial charge on any atom is 0.136 e. The van der Waals surface area contributed by atoms with Crippen molar-refractivity contribution in [3.8, 4) is 67.0 Å². The quantitative estimate of drug-likeness (QED) is 0.145. The fourth-order valence-corrected chi connectivity index (χ4v) is 8.74. The predicted octanol–water partition coefficient (Wildman–Crippen LogP) is 17.1. The minimum Gasteiger partial charge on any atom is -0.456 e. The van der Waals surface area contributed by atoms with Crippen molar-refractivity contribution in [2.45, 2.75) is 0 Å². The van der Waals surface area contributed by atoms with Crippen molar-refractivity contribution in [1.29, 1.82) is 0 Å². The first-order valence-electron chi connectivity index (χ1n) is 21.2. The smallest absolute Gasteiger partial charge is 0.136 e. The first-order valence-corrected chi connectivity index (χ1v) is 21.2. The van der Waals surface area contributed by atoms with Crippen LogP contribution in [0, 0.1) is 0 Å². The maximum absolute atomic E-state index is 6.29. The lowest BCUT2D eigenvalue weighted by molar-refractivity contribution is 0.632. The summed E-state index contributed by atoms with van der Waals surface area (Å²) in [5.41, 5.74) is 17.1. The van der Waals surface area contributed by atoms with Gasteiger partial charge in [-0.05, 0) is 121 Å². The van der Waals surface area contributed by atoms with Crippen LogP contribution in [0.15, 0.2) is 253 Å². The van der Waals surface area contributed by atoms with Crippen LogP contribution < -0.4 is 4.90 Å². The summed E-state index contributed by atoms with van der Waals surface area (Å²) in [5.74, 6) is 0.876. The third-order valence-corrected chi connectivity index (χ3v) is 11.9. The minimum atomic E-state index is 0.876. The van der Waals surface area contributed by atoms with Crippen LogP contribution in [0.4, 0.5) is 17.1 Å². The standard InChI is InChI=1S/C60H41NO/c1-2-12-42(13-3-1)49-17-10-18-50(40-49)45-30-36-53(37-31-45)61(54-38-32-48(33-39-54)56-22-11-16-46-14-4-6-19-55(46)56)52-34-28-44(29-35-52)43-24-26-47(27-25-43)57-20-7-8-21-58(57)60-41-51-15-5-9-23-59(51)62-60/h1-41H. The molecule has 0 saturated carbocycles. The van der Waals surface area contributed by atoms with Gasteiger partial charge in [-0.3, -0.25) is 0 Å². The summed E-state index contributed by atoms with van der Waals surface area (Å²) in [7, 11) is 0. The molecule has 0 radical (unpaired) electrons. The summed E-state index contributed by atoms with van der Waals surface area (Å²) in [5, 5.41) is 3.60. The summed E-state index contributed by atoms with van der Waals surface area (Å²) >= 11 is 0. The second kappa shape index (κ2) is 16.1. The first-order chi connectivity index (χ1) is 30.7. The summed E-state index contributed by atoms with van der Waals surface area (Å²) in [6.45, 7) is 0. The molecule has 0 saturated heterocycles. The van der Waals surface area contributed by atoms with Crippen LogP contribution >= 0.6 is 0 Å². The van der Waals surface area contributed by atoms with Crippen LogP contribution in [-0.2, 0) is 0 Å². The number of nitrogens with zero attached hydrogens (tertiary/aromatic N) is 1. The van der Waals surface area contributed by atoms with Gasteiger partial charge in [0.25, 0.3) is 0 Å². The van der Waals surface area contributed by atoms with E-state index in [2.05, 4.69) is 235 Å². The molecule has 0 bridgehead atoms. The molecule has 292 valence electrons. The van der Waals surface area contributed by atoms with Crippen LogP contribution in [0.5, 0.6) is 0 Å². The van der Waals surface area contributed by atoms with Gasteiger partial charge in [0.05, 0.1) is 0 Å². The van der Waals surface area contributed by atoms with Crippen molar-refractivity contribution >= 4 is 38.8 Å². The molecule has 0 N–H and O–H groups in total. The van der Waals surface area contributed by atoms with Gasteiger partial charge in [0, 0.05) is 28.0 Å². The van der Waals surface area contributed by atoms with Crippen LogP contribution in [0.1, 0.15) is 0 Å². The van der Waals surface area contributed by atoms with Crippen molar-refractivity contribution in [1.82, 2.24) is 0 Å². The Kier molecular flexibility index (Phi) is 9.57. The summed E-state index contributed by atoms with van der Waals surface area (Å²) in [6, 6.07) is 89.0. The number of hydrogen-bond donors (Lipinski definition) is 0. The van der Waals surface area contributed by atoms with Crippen molar-refractivity contribution < 1.29 is 4.42 Å². The van der Waals surface area contributed by atoms with E-state index in [1.807, 2.05) is 18.2 Å². The lowest BCUT2D eigenvalue weighted by Crippen LogP contribution is -2.09. The lowest BCUT2D eigenvalue weighted by atomic mass is 9.95. The van der Waals surface area contributed by atoms with Gasteiger partial charge in [-0.15, -0.1) is 0 Å². The van der Waals surface area contributed by atoms with Crippen molar-refractivity contribution in [2.75, 3.05) is 4.90 Å². The molecule has 0 unspecified atom stereocenters. The fraction of sp³-hybridized carbons (Fsp3) is 0. The van der Waals surface area contributed by atoms with Gasteiger partial charge in [-0.1, -0.05) is 194 Å². The number of rotatable bonds is 9. The highest BCUT2D eigenvalue weighted by molar-refractivity contribution is 5.97. The highest BCUT2D eigenvalue weighted by Gasteiger charge is 2.16. The molecule has 1 aromatic heterocycles. The SMILES string of the molecule is c1ccc(-c2cccc(-c3ccc(N(c4ccc(-c5ccc(-c6ccccc6-c6cc7ccccc7o6)cc5)cc4)c4ccc(-c5cccc6ccccc56)cc4)cc3)c2)cc1. The number of benzene rings is 10. The van der Waals surface area contributed by atoms with Gasteiger partial charge < -0.3 is 9.32 Å². The Morgan fingerprint density at radius 1 is 0.258 bits per heavy atom. The van der Waals surface area contributed by atoms with Crippen LogP contribution in [0.3, 0.4) is 0 Å². The normalized spacial score (nSPS) is 11.2. The average molecular weight is 792 g/mol. The molecular formula is C60H41NO. The molecule has 0 aliphatic carbocycles. The van der Waals surface area contributed by atoms with E-state index in [4.69, 9.17) is 4.42 Å². The molecule has 10 aromatic carbocycles. The van der Waals surface area contributed by atoms with Gasteiger partial charge >= 0.3 is 0 Å². The summed E-state index contributed by atoms with van der Waals surface area (Å²) < 4.78 is 6.29. The van der Waals surface area contributed by atoms with Crippen LogP contribution in [0.2, 0.25) is 0 Å². The van der Waals surface area contributed by atoms with Crippen LogP contribution in [0.25, 0.3) is 88.7 Å². The predicted molar refractivity (Wildman–Crippen MR) is 261 cm³/mol. The molecule has 0 amide bonds. The van der Waals surface area contributed by atoms with E-state index >= 15 is 0 Å². The molecule has 0 aliphatic rings. The molecule has 0 atom stereocenters. The molecule has 11 rings (SSSR count). The zero-order chi connectivity index (χ0) is 41.2. The van der Waals surface area contributed by atoms with E-state index in [1.54, 1.807) is 0 Å². The Labute approximate surface area is 362 Å². The third kappa shape index (κ3) is 7.14. The number of anilines is 3. The molecule has 11 aromatic rings. The minimum absolute atomic E-state index is 0.876. The fourth-order valence-electron chi connectivity index (χ4n) is 8.74. The molecular weight excluding hydrogens is 751 g/mol. The Hall–Kier alpha value is -8.20. The topological polar surface area (TPSA) is 16.4 Å². The summed E-state index contributed by atoms with van der Waals surface area (Å²) in [6.07, 6.45) is 0. The number of furan rings is 1. The average Bonchev–Trinajstić information content (AvgIpc) is 3.80. The second-order valence-electron chi connectivity index (χ2n) is 15.7. The monoisotopic (exact) mass is 791 g/mol. The van der Waals surface area contributed by atoms with Gasteiger partial charge in [-0.25, -0.2) is 0 Å². The van der Waals surface area contributed by atoms with Gasteiger partial charge in [0.1, 0.15) is 11.3 Å². The molecule has 0 aliphatic heterocycles. The van der Waals surface area contributed by atoms with E-state index in [-0.39, 0.29) is 0 Å². The second-order valence-corrected chi connectivity index (χ2v) is 15.7. The van der Waals surface area contributed by atoms with E-state index in [9.17, 15) is 0 Å². The highest BCUT2D eigenvalue weighted by Crippen LogP contribution is 2.40. The number of para-hydroxylation sites is 1. The van der Waals surface area contributed by atoms with E-state index in [0.717, 1.165) is 61.6 Å². The molecule has 62 heavy (non-hydrogen) atoms. The highest BCUT2D eigenvalue weighted by atomic mass is 16.3.